The van der Waals surface area contributed by atoms with Crippen LogP contribution >= 0.6 is 0 Å². The van der Waals surface area contributed by atoms with Gasteiger partial charge in [0, 0.05) is 18.5 Å². The Hall–Kier alpha value is -3.53. The molecule has 3 heterocycles. The van der Waals surface area contributed by atoms with Crippen LogP contribution in [0.25, 0.3) is 11.2 Å². The van der Waals surface area contributed by atoms with Crippen LogP contribution in [0.1, 0.15) is 67.5 Å². The molecule has 5 rings (SSSR count). The molecule has 3 N–H and O–H groups in total. The molecule has 3 aromatic rings. The molecule has 2 aromatic heterocycles. The van der Waals surface area contributed by atoms with Crippen molar-refractivity contribution < 1.29 is 14.1 Å². The lowest BCUT2D eigenvalue weighted by Gasteiger charge is -2.26. The highest BCUT2D eigenvalue weighted by Gasteiger charge is 2.27. The van der Waals surface area contributed by atoms with Crippen LogP contribution in [0.2, 0.25) is 0 Å². The topological polar surface area (TPSA) is 119 Å². The summed E-state index contributed by atoms with van der Waals surface area (Å²) in [5.74, 6) is 1.22. The van der Waals surface area contributed by atoms with Gasteiger partial charge in [0.2, 0.25) is 23.2 Å². The first-order chi connectivity index (χ1) is 18.2. The molecule has 2 fully saturated rings. The van der Waals surface area contributed by atoms with Crippen molar-refractivity contribution in [3.8, 4) is 5.75 Å². The van der Waals surface area contributed by atoms with E-state index in [0.29, 0.717) is 34.3 Å². The number of anilines is 2. The molecule has 1 amide bonds. The molecule has 1 saturated heterocycles. The maximum Gasteiger partial charge on any atom is 0.319 e. The van der Waals surface area contributed by atoms with Gasteiger partial charge in [0.1, 0.15) is 19.0 Å². The Balaban J connectivity index is 0.000000360. The van der Waals surface area contributed by atoms with E-state index in [9.17, 15) is 9.59 Å². The Morgan fingerprint density at radius 1 is 1.18 bits per heavy atom. The number of aromatic nitrogens is 4. The van der Waals surface area contributed by atoms with Crippen molar-refractivity contribution in [2.24, 2.45) is 18.7 Å². The van der Waals surface area contributed by atoms with E-state index in [2.05, 4.69) is 34.2 Å². The number of amides is 1. The van der Waals surface area contributed by atoms with Crippen LogP contribution in [0.5, 0.6) is 5.75 Å². The first-order valence-electron chi connectivity index (χ1n) is 13.4. The molecule has 0 unspecified atom stereocenters. The number of aryl methyl sites for hydroxylation is 1. The second-order valence-electron chi connectivity index (χ2n) is 10.6. The number of nitrogens with two attached hydrogens (primary N) is 1. The molecule has 0 atom stereocenters. The average Bonchev–Trinajstić information content (AvgIpc) is 3.44. The van der Waals surface area contributed by atoms with Crippen LogP contribution in [0.15, 0.2) is 29.2 Å². The van der Waals surface area contributed by atoms with E-state index >= 15 is 0 Å². The minimum atomic E-state index is -0.537. The minimum Gasteiger partial charge on any atom is -0.495 e. The molecule has 2 aliphatic rings. The van der Waals surface area contributed by atoms with E-state index in [-0.39, 0.29) is 11.6 Å². The normalized spacial score (nSPS) is 16.8. The predicted octanol–water partition coefficient (Wildman–Crippen LogP) is 3.24. The van der Waals surface area contributed by atoms with Crippen molar-refractivity contribution >= 4 is 28.7 Å². The summed E-state index contributed by atoms with van der Waals surface area (Å²) in [5, 5.41) is 3.13. The fourth-order valence-corrected chi connectivity index (χ4v) is 5.14. The zero-order chi connectivity index (χ0) is 27.4. The third-order valence-corrected chi connectivity index (χ3v) is 7.80. The molecule has 1 aromatic carbocycles. The van der Waals surface area contributed by atoms with Crippen molar-refractivity contribution in [2.75, 3.05) is 32.6 Å². The molecule has 0 radical (unpaired) electrons. The lowest BCUT2D eigenvalue weighted by molar-refractivity contribution is -0.652. The Morgan fingerprint density at radius 2 is 1.87 bits per heavy atom. The van der Waals surface area contributed by atoms with Gasteiger partial charge in [-0.1, -0.05) is 19.8 Å². The molecule has 0 bridgehead atoms. The number of hydrogen-bond donors (Lipinski definition) is 2. The monoisotopic (exact) mass is 522 g/mol. The Kier molecular flexibility index (Phi) is 8.61. The van der Waals surface area contributed by atoms with Gasteiger partial charge in [0.25, 0.3) is 5.52 Å². The van der Waals surface area contributed by atoms with E-state index in [1.165, 1.54) is 33.0 Å². The number of hydrogen-bond acceptors (Lipinski definition) is 7. The lowest BCUT2D eigenvalue weighted by atomic mass is 10.00. The van der Waals surface area contributed by atoms with Gasteiger partial charge in [-0.3, -0.25) is 14.2 Å². The molecule has 10 nitrogen and oxygen atoms in total. The second-order valence-corrected chi connectivity index (χ2v) is 10.6. The first-order valence-corrected chi connectivity index (χ1v) is 13.4. The number of likely N-dealkylation sites (tertiary alicyclic amines) is 1. The van der Waals surface area contributed by atoms with Gasteiger partial charge >= 0.3 is 5.56 Å². The number of carbonyl (C=O) groups is 1. The van der Waals surface area contributed by atoms with Crippen molar-refractivity contribution in [1.29, 1.82) is 0 Å². The Bertz CT molecular complexity index is 1350. The van der Waals surface area contributed by atoms with Crippen molar-refractivity contribution in [3.05, 3.63) is 46.0 Å². The van der Waals surface area contributed by atoms with Crippen molar-refractivity contribution in [1.82, 2.24) is 19.4 Å². The number of piperidine rings is 1. The van der Waals surface area contributed by atoms with Crippen LogP contribution in [0, 0.1) is 12.8 Å². The number of primary amides is 1. The molecule has 38 heavy (non-hydrogen) atoms. The maximum atomic E-state index is 13.1. The summed E-state index contributed by atoms with van der Waals surface area (Å²) < 4.78 is 9.02. The summed E-state index contributed by atoms with van der Waals surface area (Å²) in [6, 6.07) is 4.99. The SMILES string of the molecule is CC1CCN(C)CC1.COc1cc(C(N)=O)ccc1Nc1ncc2c(n1)n(C1CCCC1)c(=O)c(C)[n+]2C. The van der Waals surface area contributed by atoms with Gasteiger partial charge in [0.05, 0.1) is 12.8 Å². The Morgan fingerprint density at radius 3 is 2.47 bits per heavy atom. The number of ether oxygens (including phenoxy) is 1. The molecular weight excluding hydrogens is 482 g/mol. The zero-order valence-electron chi connectivity index (χ0n) is 23.2. The van der Waals surface area contributed by atoms with Gasteiger partial charge in [-0.05, 0) is 69.9 Å². The third-order valence-electron chi connectivity index (χ3n) is 7.80. The van der Waals surface area contributed by atoms with E-state index in [4.69, 9.17) is 10.5 Å². The number of benzene rings is 1. The molecule has 0 spiro atoms. The van der Waals surface area contributed by atoms with Crippen LogP contribution < -0.4 is 25.9 Å². The molecule has 1 saturated carbocycles. The number of nitrogens with one attached hydrogen (secondary N) is 1. The summed E-state index contributed by atoms with van der Waals surface area (Å²) in [7, 11) is 5.55. The van der Waals surface area contributed by atoms with Gasteiger partial charge in [-0.25, -0.2) is 4.98 Å². The zero-order valence-corrected chi connectivity index (χ0v) is 23.2. The summed E-state index contributed by atoms with van der Waals surface area (Å²) in [6.45, 7) is 6.78. The van der Waals surface area contributed by atoms with E-state index in [1.54, 1.807) is 24.4 Å². The molecular formula is C28H40N7O3+. The largest absolute Gasteiger partial charge is 0.495 e. The van der Waals surface area contributed by atoms with E-state index in [1.807, 2.05) is 23.1 Å². The number of fused-ring (bicyclic) bond motifs is 1. The second kappa shape index (κ2) is 11.9. The summed E-state index contributed by atoms with van der Waals surface area (Å²) in [6.07, 6.45) is 8.67. The van der Waals surface area contributed by atoms with Crippen LogP contribution in [-0.4, -0.2) is 52.6 Å². The van der Waals surface area contributed by atoms with Gasteiger partial charge in [-0.15, -0.1) is 0 Å². The standard InChI is InChI=1S/C21H24N6O3.C7H15N/c1-12-20(29)27(14-6-4-5-7-14)19-16(26(12)2)11-23-21(25-19)24-15-9-8-13(18(22)28)10-17(15)30-3;1-7-3-5-8(2)6-4-7/h8-11,14H,4-7H2,1-3H3,(H2-,22,23,24,25,28,29);7H,3-6H2,1-2H3/p+1. The van der Waals surface area contributed by atoms with Crippen LogP contribution in [-0.2, 0) is 7.05 Å². The van der Waals surface area contributed by atoms with E-state index < -0.39 is 5.91 Å². The van der Waals surface area contributed by atoms with Gasteiger partial charge in [-0.2, -0.15) is 9.55 Å². The van der Waals surface area contributed by atoms with Crippen molar-refractivity contribution in [3.63, 3.8) is 0 Å². The summed E-state index contributed by atoms with van der Waals surface area (Å²) in [5.41, 5.74) is 8.30. The molecule has 204 valence electrons. The highest BCUT2D eigenvalue weighted by Crippen LogP contribution is 2.31. The van der Waals surface area contributed by atoms with Crippen LogP contribution in [0.4, 0.5) is 11.6 Å². The summed E-state index contributed by atoms with van der Waals surface area (Å²) in [4.78, 5) is 36.0. The number of rotatable bonds is 5. The quantitative estimate of drug-likeness (QED) is 0.494. The van der Waals surface area contributed by atoms with Gasteiger partial charge in [0.15, 0.2) is 0 Å². The fourth-order valence-electron chi connectivity index (χ4n) is 5.14. The average molecular weight is 523 g/mol. The van der Waals surface area contributed by atoms with Crippen molar-refractivity contribution in [2.45, 2.75) is 58.4 Å². The number of nitrogens with zero attached hydrogens (tertiary/aromatic N) is 5. The highest BCUT2D eigenvalue weighted by atomic mass is 16.5. The maximum absolute atomic E-state index is 13.1. The number of methoxy groups -OCH3 is 1. The Labute approximate surface area is 223 Å². The third kappa shape index (κ3) is 5.96. The predicted molar refractivity (Wildman–Crippen MR) is 148 cm³/mol. The first kappa shape index (κ1) is 27.5. The van der Waals surface area contributed by atoms with Gasteiger partial charge < -0.3 is 20.7 Å². The van der Waals surface area contributed by atoms with E-state index in [0.717, 1.165) is 37.1 Å². The summed E-state index contributed by atoms with van der Waals surface area (Å²) >= 11 is 0. The smallest absolute Gasteiger partial charge is 0.319 e. The fraction of sp³-hybridized carbons (Fsp3) is 0.536. The lowest BCUT2D eigenvalue weighted by Crippen LogP contribution is -2.44. The highest BCUT2D eigenvalue weighted by molar-refractivity contribution is 5.94. The molecule has 10 heteroatoms. The minimum absolute atomic E-state index is 0.0232. The number of carbonyl (C=O) groups excluding carboxylic acids is 1. The van der Waals surface area contributed by atoms with Crippen LogP contribution in [0.3, 0.4) is 0 Å². The molecule has 1 aliphatic carbocycles. The molecule has 1 aliphatic heterocycles.